The van der Waals surface area contributed by atoms with Gasteiger partial charge in [0.05, 0.1) is 18.4 Å². The largest absolute Gasteiger partial charge is 0.341 e. The monoisotopic (exact) mass is 324 g/mol. The van der Waals surface area contributed by atoms with Crippen LogP contribution in [0.15, 0.2) is 6.20 Å². The highest BCUT2D eigenvalue weighted by atomic mass is 19.1. The molecule has 0 spiro atoms. The molecule has 1 aliphatic heterocycles. The predicted molar refractivity (Wildman–Crippen MR) is 88.0 cm³/mol. The van der Waals surface area contributed by atoms with Crippen molar-refractivity contribution in [3.05, 3.63) is 11.9 Å². The van der Waals surface area contributed by atoms with E-state index in [-0.39, 0.29) is 24.0 Å². The number of hydrogen-bond donors (Lipinski definition) is 0. The van der Waals surface area contributed by atoms with Crippen molar-refractivity contribution in [3.63, 3.8) is 0 Å². The molecule has 1 fully saturated rings. The smallest absolute Gasteiger partial charge is 0.222 e. The van der Waals surface area contributed by atoms with E-state index < -0.39 is 0 Å². The SMILES string of the molecule is CC(C)(C)c1cn(C2CCCN(C(=O)CCCCCF)C2)nn1. The zero-order chi connectivity index (χ0) is 16.9. The minimum atomic E-state index is -0.289. The van der Waals surface area contributed by atoms with E-state index in [4.69, 9.17) is 0 Å². The fourth-order valence-electron chi connectivity index (χ4n) is 2.90. The van der Waals surface area contributed by atoms with E-state index in [0.717, 1.165) is 37.9 Å². The lowest BCUT2D eigenvalue weighted by Gasteiger charge is -2.32. The third-order valence-corrected chi connectivity index (χ3v) is 4.43. The molecule has 2 heterocycles. The fourth-order valence-corrected chi connectivity index (χ4v) is 2.90. The van der Waals surface area contributed by atoms with Crippen LogP contribution in [0.3, 0.4) is 0 Å². The summed E-state index contributed by atoms with van der Waals surface area (Å²) in [6.45, 7) is 7.59. The third kappa shape index (κ3) is 5.01. The number of halogens is 1. The average molecular weight is 324 g/mol. The van der Waals surface area contributed by atoms with E-state index in [1.807, 2.05) is 15.8 Å². The van der Waals surface area contributed by atoms with Crippen molar-refractivity contribution in [1.82, 2.24) is 19.9 Å². The van der Waals surface area contributed by atoms with Crippen LogP contribution in [0.5, 0.6) is 0 Å². The summed E-state index contributed by atoms with van der Waals surface area (Å²) in [6.07, 6.45) is 6.69. The molecule has 0 bridgehead atoms. The van der Waals surface area contributed by atoms with E-state index in [1.54, 1.807) is 0 Å². The summed E-state index contributed by atoms with van der Waals surface area (Å²) in [7, 11) is 0. The van der Waals surface area contributed by atoms with Crippen molar-refractivity contribution in [2.45, 2.75) is 70.8 Å². The Kier molecular flexibility index (Phi) is 6.13. The first kappa shape index (κ1) is 17.9. The Morgan fingerprint density at radius 3 is 2.78 bits per heavy atom. The first-order valence-electron chi connectivity index (χ1n) is 8.68. The third-order valence-electron chi connectivity index (χ3n) is 4.43. The summed E-state index contributed by atoms with van der Waals surface area (Å²) in [5.74, 6) is 0.185. The zero-order valence-electron chi connectivity index (χ0n) is 14.6. The second-order valence-corrected chi connectivity index (χ2v) is 7.47. The van der Waals surface area contributed by atoms with Crippen LogP contribution >= 0.6 is 0 Å². The Morgan fingerprint density at radius 2 is 2.13 bits per heavy atom. The van der Waals surface area contributed by atoms with Crippen LogP contribution in [0, 0.1) is 0 Å². The number of carbonyl (C=O) groups is 1. The maximum atomic E-state index is 12.3. The number of rotatable bonds is 6. The first-order valence-corrected chi connectivity index (χ1v) is 8.68. The van der Waals surface area contributed by atoms with Gasteiger partial charge in [0, 0.05) is 31.1 Å². The van der Waals surface area contributed by atoms with Gasteiger partial charge >= 0.3 is 0 Å². The molecule has 2 rings (SSSR count). The van der Waals surface area contributed by atoms with Crippen molar-refractivity contribution in [2.75, 3.05) is 19.8 Å². The van der Waals surface area contributed by atoms with Crippen LogP contribution in [0.1, 0.15) is 71.0 Å². The van der Waals surface area contributed by atoms with Crippen LogP contribution in [-0.4, -0.2) is 45.6 Å². The summed E-state index contributed by atoms with van der Waals surface area (Å²) in [4.78, 5) is 14.2. The van der Waals surface area contributed by atoms with E-state index in [2.05, 4.69) is 31.1 Å². The molecule has 1 saturated heterocycles. The number of nitrogens with zero attached hydrogens (tertiary/aromatic N) is 4. The van der Waals surface area contributed by atoms with Gasteiger partial charge in [-0.1, -0.05) is 32.4 Å². The first-order chi connectivity index (χ1) is 10.9. The maximum Gasteiger partial charge on any atom is 0.222 e. The van der Waals surface area contributed by atoms with Crippen LogP contribution in [0.25, 0.3) is 0 Å². The number of unbranched alkanes of at least 4 members (excludes halogenated alkanes) is 2. The minimum absolute atomic E-state index is 0.0150. The molecule has 1 unspecified atom stereocenters. The molecule has 0 N–H and O–H groups in total. The van der Waals surface area contributed by atoms with E-state index in [1.165, 1.54) is 0 Å². The Morgan fingerprint density at radius 1 is 1.35 bits per heavy atom. The highest BCUT2D eigenvalue weighted by Crippen LogP contribution is 2.24. The number of carbonyl (C=O) groups excluding carboxylic acids is 1. The summed E-state index contributed by atoms with van der Waals surface area (Å²) in [5.41, 5.74) is 0.964. The highest BCUT2D eigenvalue weighted by molar-refractivity contribution is 5.76. The second-order valence-electron chi connectivity index (χ2n) is 7.47. The molecular weight excluding hydrogens is 295 g/mol. The van der Waals surface area contributed by atoms with Gasteiger partial charge in [0.1, 0.15) is 0 Å². The van der Waals surface area contributed by atoms with Crippen molar-refractivity contribution >= 4 is 5.91 Å². The van der Waals surface area contributed by atoms with Crippen molar-refractivity contribution in [3.8, 4) is 0 Å². The second kappa shape index (κ2) is 7.88. The van der Waals surface area contributed by atoms with Crippen LogP contribution in [0.4, 0.5) is 4.39 Å². The minimum Gasteiger partial charge on any atom is -0.341 e. The molecule has 0 radical (unpaired) electrons. The normalized spacial score (nSPS) is 19.1. The summed E-state index contributed by atoms with van der Waals surface area (Å²) in [6, 6.07) is 0.210. The molecule has 1 aromatic rings. The number of likely N-dealkylation sites (tertiary alicyclic amines) is 1. The van der Waals surface area contributed by atoms with Crippen LogP contribution in [-0.2, 0) is 10.2 Å². The number of hydrogen-bond acceptors (Lipinski definition) is 3. The molecule has 5 nitrogen and oxygen atoms in total. The van der Waals surface area contributed by atoms with Crippen molar-refractivity contribution in [1.29, 1.82) is 0 Å². The summed E-state index contributed by atoms with van der Waals surface area (Å²) < 4.78 is 14.0. The topological polar surface area (TPSA) is 51.0 Å². The average Bonchev–Trinajstić information content (AvgIpc) is 3.02. The summed E-state index contributed by atoms with van der Waals surface area (Å²) in [5, 5.41) is 8.55. The number of alkyl halides is 1. The molecule has 0 saturated carbocycles. The van der Waals surface area contributed by atoms with Gasteiger partial charge in [-0.15, -0.1) is 5.10 Å². The molecule has 0 aliphatic carbocycles. The maximum absolute atomic E-state index is 12.3. The number of piperidine rings is 1. The molecular formula is C17H29FN4O. The molecule has 1 amide bonds. The van der Waals surface area contributed by atoms with Gasteiger partial charge in [0.15, 0.2) is 0 Å². The fraction of sp³-hybridized carbons (Fsp3) is 0.824. The Balaban J connectivity index is 1.90. The van der Waals surface area contributed by atoms with Gasteiger partial charge in [-0.05, 0) is 25.7 Å². The Hall–Kier alpha value is -1.46. The predicted octanol–water partition coefficient (Wildman–Crippen LogP) is 3.27. The Labute approximate surface area is 138 Å². The van der Waals surface area contributed by atoms with E-state index in [9.17, 15) is 9.18 Å². The molecule has 130 valence electrons. The van der Waals surface area contributed by atoms with Gasteiger partial charge in [-0.2, -0.15) is 0 Å². The van der Waals surface area contributed by atoms with Crippen molar-refractivity contribution < 1.29 is 9.18 Å². The van der Waals surface area contributed by atoms with Crippen molar-refractivity contribution in [2.24, 2.45) is 0 Å². The van der Waals surface area contributed by atoms with Crippen LogP contribution in [0.2, 0.25) is 0 Å². The molecule has 0 aromatic carbocycles. The molecule has 23 heavy (non-hydrogen) atoms. The molecule has 1 atom stereocenters. The molecule has 1 aromatic heterocycles. The lowest BCUT2D eigenvalue weighted by atomic mass is 9.93. The van der Waals surface area contributed by atoms with E-state index in [0.29, 0.717) is 19.4 Å². The number of aromatic nitrogens is 3. The lowest BCUT2D eigenvalue weighted by Crippen LogP contribution is -2.40. The Bertz CT molecular complexity index is 509. The van der Waals surface area contributed by atoms with Gasteiger partial charge in [-0.3, -0.25) is 9.18 Å². The van der Waals surface area contributed by atoms with E-state index >= 15 is 0 Å². The quantitative estimate of drug-likeness (QED) is 0.755. The zero-order valence-corrected chi connectivity index (χ0v) is 14.6. The molecule has 1 aliphatic rings. The standard InChI is InChI=1S/C17H29FN4O/c1-17(2,3)15-13-22(20-19-15)14-8-7-11-21(12-14)16(23)9-5-4-6-10-18/h13-14H,4-12H2,1-3H3. The number of amides is 1. The lowest BCUT2D eigenvalue weighted by molar-refractivity contribution is -0.133. The van der Waals surface area contributed by atoms with Gasteiger partial charge in [0.2, 0.25) is 5.91 Å². The summed E-state index contributed by atoms with van der Waals surface area (Å²) >= 11 is 0. The highest BCUT2D eigenvalue weighted by Gasteiger charge is 2.26. The van der Waals surface area contributed by atoms with Gasteiger partial charge in [0.25, 0.3) is 0 Å². The van der Waals surface area contributed by atoms with Crippen LogP contribution < -0.4 is 0 Å². The molecule has 6 heteroatoms. The van der Waals surface area contributed by atoms with Gasteiger partial charge in [-0.25, -0.2) is 4.68 Å². The van der Waals surface area contributed by atoms with Gasteiger partial charge < -0.3 is 4.90 Å².